The van der Waals surface area contributed by atoms with Gasteiger partial charge in [-0.2, -0.15) is 0 Å². The lowest BCUT2D eigenvalue weighted by Gasteiger charge is -2.10. The van der Waals surface area contributed by atoms with Crippen molar-refractivity contribution < 1.29 is 23.1 Å². The minimum Gasteiger partial charge on any atom is -0.424 e. The van der Waals surface area contributed by atoms with Crippen LogP contribution in [0.1, 0.15) is 24.8 Å². The van der Waals surface area contributed by atoms with Crippen LogP contribution in [0.25, 0.3) is 0 Å². The number of benzene rings is 1. The van der Waals surface area contributed by atoms with Gasteiger partial charge < -0.3 is 15.6 Å². The van der Waals surface area contributed by atoms with E-state index in [-0.39, 0.29) is 30.2 Å². The number of thiol groups is 1. The van der Waals surface area contributed by atoms with Crippen LogP contribution in [0, 0.1) is 0 Å². The normalized spacial score (nSPS) is 10.6. The highest BCUT2D eigenvalue weighted by atomic mass is 32.2. The van der Waals surface area contributed by atoms with Gasteiger partial charge in [-0.15, -0.1) is 0 Å². The number of carbonyl (C=O) groups excluding carboxylic acids is 1. The first-order valence-corrected chi connectivity index (χ1v) is 7.21. The zero-order valence-electron chi connectivity index (χ0n) is 10.4. The first-order valence-electron chi connectivity index (χ1n) is 5.85. The van der Waals surface area contributed by atoms with Crippen LogP contribution in [0.3, 0.4) is 0 Å². The lowest BCUT2D eigenvalue weighted by Crippen LogP contribution is -2.11. The van der Waals surface area contributed by atoms with E-state index >= 15 is 0 Å². The van der Waals surface area contributed by atoms with Gasteiger partial charge in [-0.1, -0.05) is 12.1 Å². The molecule has 1 aromatic rings. The summed E-state index contributed by atoms with van der Waals surface area (Å²) >= 11 is 0. The predicted octanol–water partition coefficient (Wildman–Crippen LogP) is 0.448. The molecule has 1 aromatic carbocycles. The molecule has 0 unspecified atom stereocenters. The zero-order chi connectivity index (χ0) is 14.3. The Morgan fingerprint density at radius 3 is 2.68 bits per heavy atom. The molecule has 7 heteroatoms. The van der Waals surface area contributed by atoms with Gasteiger partial charge in [-0.25, -0.2) is 8.42 Å². The summed E-state index contributed by atoms with van der Waals surface area (Å²) in [6.45, 7) is 0.0165. The Hall–Kier alpha value is -1.60. The number of nitrogens with two attached hydrogens (primary N) is 1. The minimum atomic E-state index is -2.62. The number of carbonyl (C=O) groups is 1. The highest BCUT2D eigenvalue weighted by molar-refractivity contribution is 7.71. The average Bonchev–Trinajstić information content (AvgIpc) is 2.33. The van der Waals surface area contributed by atoms with Crippen molar-refractivity contribution in [3.05, 3.63) is 23.8 Å². The summed E-state index contributed by atoms with van der Waals surface area (Å²) in [6, 6.07) is 4.70. The molecule has 0 bridgehead atoms. The Bertz CT molecular complexity index is 505. The maximum absolute atomic E-state index is 11.6. The molecule has 0 spiro atoms. The van der Waals surface area contributed by atoms with E-state index in [4.69, 9.17) is 15.6 Å². The summed E-state index contributed by atoms with van der Waals surface area (Å²) in [7, 11) is -2.62. The van der Waals surface area contributed by atoms with E-state index in [1.165, 1.54) is 6.07 Å². The maximum atomic E-state index is 11.6. The molecule has 0 aliphatic carbocycles. The van der Waals surface area contributed by atoms with Crippen molar-refractivity contribution in [3.63, 3.8) is 0 Å². The number of aliphatic hydroxyl groups is 1. The van der Waals surface area contributed by atoms with E-state index in [0.717, 1.165) is 0 Å². The summed E-state index contributed by atoms with van der Waals surface area (Å²) in [5, 5.41) is 8.62. The SMILES string of the molecule is Nc1cccc(C[SH](=O)=O)c1OC(=O)CCCCO. The van der Waals surface area contributed by atoms with Crippen LogP contribution in [-0.4, -0.2) is 26.1 Å². The number of ether oxygens (including phenoxy) is 1. The predicted molar refractivity (Wildman–Crippen MR) is 71.4 cm³/mol. The van der Waals surface area contributed by atoms with E-state index in [2.05, 4.69) is 0 Å². The molecule has 0 radical (unpaired) electrons. The second-order valence-corrected chi connectivity index (χ2v) is 4.96. The number of unbranched alkanes of at least 4 members (excludes halogenated alkanes) is 1. The molecule has 106 valence electrons. The summed E-state index contributed by atoms with van der Waals surface area (Å²) in [5.41, 5.74) is 6.28. The van der Waals surface area contributed by atoms with Crippen LogP contribution < -0.4 is 10.5 Å². The highest BCUT2D eigenvalue weighted by Crippen LogP contribution is 2.27. The van der Waals surface area contributed by atoms with E-state index in [1.807, 2.05) is 0 Å². The standard InChI is InChI=1S/C12H17NO5S/c13-10-5-3-4-9(8-19(16)17)12(10)18-11(15)6-1-2-7-14/h3-5,14,19H,1-2,6-8,13H2. The van der Waals surface area contributed by atoms with Gasteiger partial charge in [0.15, 0.2) is 5.75 Å². The van der Waals surface area contributed by atoms with Crippen LogP contribution in [0.2, 0.25) is 0 Å². The molecule has 0 aliphatic rings. The van der Waals surface area contributed by atoms with Gasteiger partial charge >= 0.3 is 5.97 Å². The molecule has 3 N–H and O–H groups in total. The van der Waals surface area contributed by atoms with E-state index < -0.39 is 16.7 Å². The van der Waals surface area contributed by atoms with Crippen LogP contribution in [0.5, 0.6) is 5.75 Å². The fourth-order valence-electron chi connectivity index (χ4n) is 1.54. The van der Waals surface area contributed by atoms with Crippen molar-refractivity contribution in [3.8, 4) is 5.75 Å². The van der Waals surface area contributed by atoms with Crippen molar-refractivity contribution in [1.82, 2.24) is 0 Å². The molecular formula is C12H17NO5S. The second kappa shape index (κ2) is 7.75. The van der Waals surface area contributed by atoms with Crippen LogP contribution in [0.4, 0.5) is 5.69 Å². The first-order chi connectivity index (χ1) is 9.04. The van der Waals surface area contributed by atoms with Crippen molar-refractivity contribution in [2.24, 2.45) is 0 Å². The third-order valence-corrected chi connectivity index (χ3v) is 3.03. The molecule has 0 heterocycles. The third kappa shape index (κ3) is 5.27. The fourth-order valence-corrected chi connectivity index (χ4v) is 2.07. The van der Waals surface area contributed by atoms with E-state index in [9.17, 15) is 13.2 Å². The van der Waals surface area contributed by atoms with Crippen molar-refractivity contribution >= 4 is 22.4 Å². The smallest absolute Gasteiger partial charge is 0.311 e. The second-order valence-electron chi connectivity index (χ2n) is 3.98. The topological polar surface area (TPSA) is 107 Å². The number of nitrogen functional groups attached to an aromatic ring is 1. The van der Waals surface area contributed by atoms with Gasteiger partial charge in [-0.3, -0.25) is 4.79 Å². The number of rotatable bonds is 7. The molecule has 19 heavy (non-hydrogen) atoms. The largest absolute Gasteiger partial charge is 0.424 e. The molecular weight excluding hydrogens is 270 g/mol. The Morgan fingerprint density at radius 1 is 1.32 bits per heavy atom. The fraction of sp³-hybridized carbons (Fsp3) is 0.417. The van der Waals surface area contributed by atoms with Crippen molar-refractivity contribution in [2.75, 3.05) is 12.3 Å². The molecule has 0 amide bonds. The van der Waals surface area contributed by atoms with Crippen molar-refractivity contribution in [2.45, 2.75) is 25.0 Å². The van der Waals surface area contributed by atoms with Crippen LogP contribution in [0.15, 0.2) is 18.2 Å². The lowest BCUT2D eigenvalue weighted by atomic mass is 10.2. The number of aliphatic hydroxyl groups excluding tert-OH is 1. The monoisotopic (exact) mass is 287 g/mol. The van der Waals surface area contributed by atoms with Gasteiger partial charge in [0.2, 0.25) is 0 Å². The molecule has 0 saturated carbocycles. The lowest BCUT2D eigenvalue weighted by molar-refractivity contribution is -0.134. The number of hydrogen-bond donors (Lipinski definition) is 3. The number of hydrogen-bond acceptors (Lipinski definition) is 6. The Balaban J connectivity index is 2.78. The van der Waals surface area contributed by atoms with Crippen molar-refractivity contribution in [1.29, 1.82) is 0 Å². The zero-order valence-corrected chi connectivity index (χ0v) is 11.3. The molecule has 0 aromatic heterocycles. The molecule has 6 nitrogen and oxygen atoms in total. The summed E-state index contributed by atoms with van der Waals surface area (Å²) in [5.74, 6) is -0.607. The van der Waals surface area contributed by atoms with Gasteiger partial charge in [0, 0.05) is 18.6 Å². The quantitative estimate of drug-likeness (QED) is 0.221. The molecule has 0 atom stereocenters. The van der Waals surface area contributed by atoms with E-state index in [0.29, 0.717) is 18.4 Å². The Kier molecular flexibility index (Phi) is 6.31. The van der Waals surface area contributed by atoms with Crippen LogP contribution in [-0.2, 0) is 21.3 Å². The average molecular weight is 287 g/mol. The molecule has 0 fully saturated rings. The van der Waals surface area contributed by atoms with Gasteiger partial charge in [0.05, 0.1) is 11.4 Å². The number of esters is 1. The molecule has 0 saturated heterocycles. The summed E-state index contributed by atoms with van der Waals surface area (Å²) in [6.07, 6.45) is 1.17. The minimum absolute atomic E-state index is 0.0165. The number of para-hydroxylation sites is 1. The van der Waals surface area contributed by atoms with Gasteiger partial charge in [0.25, 0.3) is 0 Å². The first kappa shape index (κ1) is 15.5. The maximum Gasteiger partial charge on any atom is 0.311 e. The van der Waals surface area contributed by atoms with Gasteiger partial charge in [-0.05, 0) is 18.9 Å². The Morgan fingerprint density at radius 2 is 2.05 bits per heavy atom. The Labute approximate surface area is 113 Å². The summed E-state index contributed by atoms with van der Waals surface area (Å²) < 4.78 is 26.6. The molecule has 0 aliphatic heterocycles. The molecule has 1 rings (SSSR count). The highest BCUT2D eigenvalue weighted by Gasteiger charge is 2.13. The number of anilines is 1. The van der Waals surface area contributed by atoms with E-state index in [1.54, 1.807) is 12.1 Å². The van der Waals surface area contributed by atoms with Crippen LogP contribution >= 0.6 is 0 Å². The summed E-state index contributed by atoms with van der Waals surface area (Å²) in [4.78, 5) is 11.6. The van der Waals surface area contributed by atoms with Gasteiger partial charge in [0.1, 0.15) is 10.7 Å². The third-order valence-electron chi connectivity index (χ3n) is 2.43.